The molecule has 0 spiro atoms. The summed E-state index contributed by atoms with van der Waals surface area (Å²) in [7, 11) is 0. The number of carbonyl (C=O) groups is 1. The van der Waals surface area contributed by atoms with Crippen molar-refractivity contribution in [3.8, 4) is 17.6 Å². The summed E-state index contributed by atoms with van der Waals surface area (Å²) in [6.07, 6.45) is 3.34. The van der Waals surface area contributed by atoms with Gasteiger partial charge >= 0.3 is 0 Å². The number of amides is 1. The molecule has 1 aliphatic heterocycles. The number of aliphatic hydroxyl groups excluding tert-OH is 1. The fourth-order valence-electron chi connectivity index (χ4n) is 5.41. The number of hydrogen-bond acceptors (Lipinski definition) is 4. The fourth-order valence-corrected chi connectivity index (χ4v) is 5.41. The third kappa shape index (κ3) is 6.20. The summed E-state index contributed by atoms with van der Waals surface area (Å²) in [6.45, 7) is 14.3. The third-order valence-electron chi connectivity index (χ3n) is 7.79. The van der Waals surface area contributed by atoms with Crippen LogP contribution in [0.25, 0.3) is 0 Å². The highest BCUT2D eigenvalue weighted by Gasteiger charge is 2.40. The second-order valence-corrected chi connectivity index (χ2v) is 11.5. The first kappa shape index (κ1) is 27.2. The van der Waals surface area contributed by atoms with Crippen LogP contribution in [0.5, 0.6) is 5.75 Å². The lowest BCUT2D eigenvalue weighted by molar-refractivity contribution is 0.0793. The number of ether oxygens (including phenoxy) is 2. The van der Waals surface area contributed by atoms with Gasteiger partial charge in [-0.15, -0.1) is 0 Å². The molecule has 37 heavy (non-hydrogen) atoms. The zero-order chi connectivity index (χ0) is 26.6. The summed E-state index contributed by atoms with van der Waals surface area (Å²) < 4.78 is 11.7. The first-order valence-corrected chi connectivity index (χ1v) is 13.6. The summed E-state index contributed by atoms with van der Waals surface area (Å²) in [5.41, 5.74) is 4.59. The van der Waals surface area contributed by atoms with Crippen LogP contribution in [0.15, 0.2) is 36.4 Å². The number of aliphatic hydroxyl groups is 1. The Balaban J connectivity index is 1.59. The van der Waals surface area contributed by atoms with Gasteiger partial charge in [-0.3, -0.25) is 4.79 Å². The van der Waals surface area contributed by atoms with Gasteiger partial charge in [0.1, 0.15) is 18.5 Å². The van der Waals surface area contributed by atoms with Crippen LogP contribution in [0.3, 0.4) is 0 Å². The number of hydrogen-bond donors (Lipinski definition) is 1. The highest BCUT2D eigenvalue weighted by Crippen LogP contribution is 2.50. The molecule has 0 bridgehead atoms. The molecule has 2 aromatic rings. The predicted octanol–water partition coefficient (Wildman–Crippen LogP) is 5.77. The standard InChI is InChI=1S/C32H41NO4/c1-6-36-19-20-37-28-22-25(21-26-29(28)32(4,5)16-15-31(26,2)3)27(34)14-11-23-9-12-24(13-10-23)30(35)33-17-7-8-18-33/h9-10,12-13,21-22,27,34H,6-8,15-20H2,1-5H3. The number of likely N-dealkylation sites (tertiary alicyclic amines) is 1. The summed E-state index contributed by atoms with van der Waals surface area (Å²) in [6, 6.07) is 11.4. The largest absolute Gasteiger partial charge is 0.491 e. The molecule has 198 valence electrons. The molecule has 2 aliphatic rings. The molecular weight excluding hydrogens is 462 g/mol. The number of nitrogens with zero attached hydrogens (tertiary/aromatic N) is 1. The molecule has 4 rings (SSSR count). The SMILES string of the molecule is CCOCCOc1cc(C(O)C#Cc2ccc(C(=O)N3CCCC3)cc2)cc2c1C(C)(C)CCC2(C)C. The molecule has 5 heteroatoms. The quantitative estimate of drug-likeness (QED) is 0.385. The number of rotatable bonds is 7. The molecule has 1 amide bonds. The third-order valence-corrected chi connectivity index (χ3v) is 7.79. The van der Waals surface area contributed by atoms with Gasteiger partial charge in [0.05, 0.1) is 6.61 Å². The van der Waals surface area contributed by atoms with Crippen molar-refractivity contribution in [1.82, 2.24) is 4.90 Å². The van der Waals surface area contributed by atoms with E-state index in [4.69, 9.17) is 9.47 Å². The van der Waals surface area contributed by atoms with Gasteiger partial charge in [0.15, 0.2) is 0 Å². The monoisotopic (exact) mass is 503 g/mol. The molecule has 1 unspecified atom stereocenters. The maximum absolute atomic E-state index is 12.6. The second-order valence-electron chi connectivity index (χ2n) is 11.5. The molecule has 1 fully saturated rings. The molecule has 1 aliphatic carbocycles. The van der Waals surface area contributed by atoms with Crippen LogP contribution in [0.1, 0.15) is 99.0 Å². The summed E-state index contributed by atoms with van der Waals surface area (Å²) in [5, 5.41) is 11.1. The Morgan fingerprint density at radius 3 is 2.38 bits per heavy atom. The first-order valence-electron chi connectivity index (χ1n) is 13.6. The van der Waals surface area contributed by atoms with Gasteiger partial charge in [-0.25, -0.2) is 0 Å². The molecule has 2 aromatic carbocycles. The minimum absolute atomic E-state index is 0.0186. The highest BCUT2D eigenvalue weighted by molar-refractivity contribution is 5.94. The Morgan fingerprint density at radius 2 is 1.70 bits per heavy atom. The minimum atomic E-state index is -0.953. The van der Waals surface area contributed by atoms with Gasteiger partial charge < -0.3 is 19.5 Å². The van der Waals surface area contributed by atoms with E-state index in [0.717, 1.165) is 55.6 Å². The van der Waals surface area contributed by atoms with E-state index in [1.54, 1.807) is 0 Å². The van der Waals surface area contributed by atoms with Crippen LogP contribution in [0.4, 0.5) is 0 Å². The molecule has 1 saturated heterocycles. The van der Waals surface area contributed by atoms with Crippen molar-refractivity contribution < 1.29 is 19.4 Å². The van der Waals surface area contributed by atoms with E-state index in [1.165, 1.54) is 11.1 Å². The minimum Gasteiger partial charge on any atom is -0.491 e. The average Bonchev–Trinajstić information content (AvgIpc) is 3.42. The Morgan fingerprint density at radius 1 is 1.03 bits per heavy atom. The molecule has 5 nitrogen and oxygen atoms in total. The van der Waals surface area contributed by atoms with E-state index in [2.05, 4.69) is 45.6 Å². The topological polar surface area (TPSA) is 59.0 Å². The van der Waals surface area contributed by atoms with Crippen molar-refractivity contribution in [1.29, 1.82) is 0 Å². The number of carbonyl (C=O) groups excluding carboxylic acids is 1. The molecule has 0 radical (unpaired) electrons. The molecule has 1 atom stereocenters. The van der Waals surface area contributed by atoms with Crippen molar-refractivity contribution in [2.75, 3.05) is 32.9 Å². The van der Waals surface area contributed by atoms with Crippen LogP contribution in [0, 0.1) is 11.8 Å². The molecule has 1 heterocycles. The maximum Gasteiger partial charge on any atom is 0.253 e. The maximum atomic E-state index is 12.6. The van der Waals surface area contributed by atoms with Crippen LogP contribution in [0.2, 0.25) is 0 Å². The molecule has 0 saturated carbocycles. The number of benzene rings is 2. The Hall–Kier alpha value is -2.81. The highest BCUT2D eigenvalue weighted by atomic mass is 16.5. The average molecular weight is 504 g/mol. The van der Waals surface area contributed by atoms with E-state index in [9.17, 15) is 9.90 Å². The van der Waals surface area contributed by atoms with E-state index in [1.807, 2.05) is 42.2 Å². The van der Waals surface area contributed by atoms with Gasteiger partial charge in [-0.1, -0.05) is 45.6 Å². The van der Waals surface area contributed by atoms with Crippen LogP contribution < -0.4 is 4.74 Å². The van der Waals surface area contributed by atoms with Gasteiger partial charge in [0.2, 0.25) is 0 Å². The lowest BCUT2D eigenvalue weighted by Gasteiger charge is -2.43. The summed E-state index contributed by atoms with van der Waals surface area (Å²) >= 11 is 0. The number of fused-ring (bicyclic) bond motifs is 1. The summed E-state index contributed by atoms with van der Waals surface area (Å²) in [4.78, 5) is 14.5. The Bertz CT molecular complexity index is 1160. The lowest BCUT2D eigenvalue weighted by atomic mass is 9.62. The Labute approximate surface area is 222 Å². The van der Waals surface area contributed by atoms with E-state index >= 15 is 0 Å². The van der Waals surface area contributed by atoms with Crippen molar-refractivity contribution in [2.24, 2.45) is 0 Å². The van der Waals surface area contributed by atoms with Crippen molar-refractivity contribution in [3.63, 3.8) is 0 Å². The fraction of sp³-hybridized carbons (Fsp3) is 0.531. The van der Waals surface area contributed by atoms with Crippen molar-refractivity contribution in [3.05, 3.63) is 64.2 Å². The van der Waals surface area contributed by atoms with E-state index in [-0.39, 0.29) is 16.7 Å². The lowest BCUT2D eigenvalue weighted by Crippen LogP contribution is -2.34. The normalized spacial score (nSPS) is 18.5. The van der Waals surface area contributed by atoms with E-state index < -0.39 is 6.10 Å². The van der Waals surface area contributed by atoms with Gasteiger partial charge in [-0.2, -0.15) is 0 Å². The van der Waals surface area contributed by atoms with Crippen LogP contribution in [-0.4, -0.2) is 48.8 Å². The predicted molar refractivity (Wildman–Crippen MR) is 147 cm³/mol. The second kappa shape index (κ2) is 11.3. The summed E-state index contributed by atoms with van der Waals surface area (Å²) in [5.74, 6) is 6.99. The van der Waals surface area contributed by atoms with E-state index in [0.29, 0.717) is 25.4 Å². The zero-order valence-corrected chi connectivity index (χ0v) is 23.0. The smallest absolute Gasteiger partial charge is 0.253 e. The van der Waals surface area contributed by atoms with Gasteiger partial charge in [0.25, 0.3) is 5.91 Å². The van der Waals surface area contributed by atoms with Gasteiger partial charge in [-0.05, 0) is 84.9 Å². The molecule has 0 aromatic heterocycles. The molecular formula is C32H41NO4. The first-order chi connectivity index (χ1) is 17.6. The molecule has 1 N–H and O–H groups in total. The van der Waals surface area contributed by atoms with Crippen molar-refractivity contribution >= 4 is 5.91 Å². The Kier molecular flexibility index (Phi) is 8.31. The zero-order valence-electron chi connectivity index (χ0n) is 23.0. The van der Waals surface area contributed by atoms with Gasteiger partial charge in [0, 0.05) is 36.4 Å². The van der Waals surface area contributed by atoms with Crippen LogP contribution in [-0.2, 0) is 15.6 Å². The van der Waals surface area contributed by atoms with Crippen LogP contribution >= 0.6 is 0 Å². The van der Waals surface area contributed by atoms with Crippen molar-refractivity contribution in [2.45, 2.75) is 77.2 Å².